The van der Waals surface area contributed by atoms with Gasteiger partial charge in [-0.25, -0.2) is 4.79 Å². The quantitative estimate of drug-likeness (QED) is 0.611. The van der Waals surface area contributed by atoms with Gasteiger partial charge in [-0.3, -0.25) is 9.48 Å². The Morgan fingerprint density at radius 1 is 1.27 bits per heavy atom. The van der Waals surface area contributed by atoms with E-state index >= 15 is 0 Å². The minimum atomic E-state index is -0.469. The van der Waals surface area contributed by atoms with Crippen molar-refractivity contribution in [1.29, 1.82) is 0 Å². The third-order valence-electron chi connectivity index (χ3n) is 4.26. The van der Waals surface area contributed by atoms with Crippen molar-refractivity contribution in [1.82, 2.24) is 14.7 Å². The third-order valence-corrected chi connectivity index (χ3v) is 4.26. The molecule has 0 saturated carbocycles. The van der Waals surface area contributed by atoms with Crippen LogP contribution in [0.5, 0.6) is 0 Å². The summed E-state index contributed by atoms with van der Waals surface area (Å²) in [4.78, 5) is 27.2. The largest absolute Gasteiger partial charge is 0.461 e. The van der Waals surface area contributed by atoms with Gasteiger partial charge in [-0.05, 0) is 25.3 Å². The van der Waals surface area contributed by atoms with Gasteiger partial charge in [0, 0.05) is 31.4 Å². The first-order valence-corrected chi connectivity index (χ1v) is 8.73. The lowest BCUT2D eigenvalue weighted by Gasteiger charge is -2.18. The topological polar surface area (TPSA) is 64.4 Å². The van der Waals surface area contributed by atoms with E-state index in [4.69, 9.17) is 4.74 Å². The summed E-state index contributed by atoms with van der Waals surface area (Å²) in [5, 5.41) is 4.45. The molecular formula is C20H23N3O3. The van der Waals surface area contributed by atoms with Crippen molar-refractivity contribution in [2.75, 3.05) is 20.7 Å². The number of carbonyl (C=O) groups excluding carboxylic acids is 2. The van der Waals surface area contributed by atoms with Crippen molar-refractivity contribution < 1.29 is 14.3 Å². The molecule has 0 aliphatic heterocycles. The van der Waals surface area contributed by atoms with Crippen molar-refractivity contribution in [2.24, 2.45) is 0 Å². The zero-order valence-corrected chi connectivity index (χ0v) is 15.4. The number of fused-ring (bicyclic) bond motifs is 1. The minimum absolute atomic E-state index is 0.0704. The van der Waals surface area contributed by atoms with Crippen LogP contribution in [0.3, 0.4) is 0 Å². The Balaban J connectivity index is 2.07. The molecule has 0 amide bonds. The maximum absolute atomic E-state index is 13.0. The average Bonchev–Trinajstić information content (AvgIpc) is 2.97. The lowest BCUT2D eigenvalue weighted by Crippen LogP contribution is -2.21. The van der Waals surface area contributed by atoms with E-state index in [1.54, 1.807) is 11.6 Å². The first-order chi connectivity index (χ1) is 12.5. The summed E-state index contributed by atoms with van der Waals surface area (Å²) in [6.07, 6.45) is 3.03. The highest BCUT2D eigenvalue weighted by atomic mass is 16.5. The monoisotopic (exact) mass is 353 g/mol. The first-order valence-electron chi connectivity index (χ1n) is 8.73. The number of aromatic nitrogens is 2. The Hall–Kier alpha value is -2.89. The Morgan fingerprint density at radius 2 is 2.00 bits per heavy atom. The molecule has 1 aliphatic carbocycles. The van der Waals surface area contributed by atoms with Crippen molar-refractivity contribution >= 4 is 11.8 Å². The third kappa shape index (κ3) is 3.54. The highest BCUT2D eigenvalue weighted by molar-refractivity contribution is 6.11. The maximum atomic E-state index is 13.0. The molecule has 6 nitrogen and oxygen atoms in total. The fourth-order valence-corrected chi connectivity index (χ4v) is 3.18. The highest BCUT2D eigenvalue weighted by Gasteiger charge is 2.33. The fraction of sp³-hybridized carbons (Fsp3) is 0.350. The van der Waals surface area contributed by atoms with E-state index in [1.807, 2.05) is 55.5 Å². The number of ketones is 1. The number of allylic oxidation sites excluding steroid dienone is 1. The van der Waals surface area contributed by atoms with Crippen LogP contribution in [0.2, 0.25) is 0 Å². The van der Waals surface area contributed by atoms with Gasteiger partial charge in [0.1, 0.15) is 5.69 Å². The van der Waals surface area contributed by atoms with Crippen LogP contribution in [-0.2, 0) is 17.7 Å². The zero-order valence-electron chi connectivity index (χ0n) is 15.4. The number of carbonyl (C=O) groups is 2. The van der Waals surface area contributed by atoms with E-state index in [2.05, 4.69) is 5.10 Å². The van der Waals surface area contributed by atoms with E-state index in [0.717, 1.165) is 11.1 Å². The molecule has 0 atom stereocenters. The molecule has 1 aromatic heterocycles. The normalized spacial score (nSPS) is 15.0. The molecule has 0 saturated heterocycles. The summed E-state index contributed by atoms with van der Waals surface area (Å²) in [5.41, 5.74) is 3.20. The second kappa shape index (κ2) is 7.56. The van der Waals surface area contributed by atoms with Crippen LogP contribution in [0, 0.1) is 0 Å². The second-order valence-electron chi connectivity index (χ2n) is 6.49. The van der Waals surface area contributed by atoms with Crippen molar-refractivity contribution in [3.63, 3.8) is 0 Å². The summed E-state index contributed by atoms with van der Waals surface area (Å²) in [6, 6.07) is 9.77. The van der Waals surface area contributed by atoms with Crippen LogP contribution in [0.1, 0.15) is 45.4 Å². The zero-order chi connectivity index (χ0) is 18.7. The Kier molecular flexibility index (Phi) is 5.21. The number of rotatable bonds is 5. The van der Waals surface area contributed by atoms with Gasteiger partial charge in [0.25, 0.3) is 0 Å². The minimum Gasteiger partial charge on any atom is -0.461 e. The van der Waals surface area contributed by atoms with Crippen LogP contribution in [0.25, 0.3) is 0 Å². The molecule has 1 heterocycles. The van der Waals surface area contributed by atoms with Crippen LogP contribution in [0.4, 0.5) is 0 Å². The standard InChI is InChI=1S/C20H23N3O3/c1-4-26-20(25)17-16-11-10-15(13-22(2)3)19(24)18(16)23(21-17)12-14-8-6-5-7-9-14/h5-9,13H,4,10-12H2,1-3H3/b15-13-. The summed E-state index contributed by atoms with van der Waals surface area (Å²) in [6.45, 7) is 2.47. The highest BCUT2D eigenvalue weighted by Crippen LogP contribution is 2.29. The number of hydrogen-bond donors (Lipinski definition) is 0. The molecule has 0 fully saturated rings. The van der Waals surface area contributed by atoms with Gasteiger partial charge in [0.05, 0.1) is 13.2 Å². The van der Waals surface area contributed by atoms with Crippen LogP contribution in [0.15, 0.2) is 42.1 Å². The van der Waals surface area contributed by atoms with Crippen LogP contribution >= 0.6 is 0 Å². The van der Waals surface area contributed by atoms with Gasteiger partial charge in [-0.15, -0.1) is 0 Å². The Morgan fingerprint density at radius 3 is 2.65 bits per heavy atom. The maximum Gasteiger partial charge on any atom is 0.359 e. The Bertz CT molecular complexity index is 851. The summed E-state index contributed by atoms with van der Waals surface area (Å²) < 4.78 is 6.78. The fourth-order valence-electron chi connectivity index (χ4n) is 3.18. The molecule has 0 unspecified atom stereocenters. The predicted octanol–water partition coefficient (Wildman–Crippen LogP) is 2.68. The van der Waals surface area contributed by atoms with Gasteiger partial charge in [0.15, 0.2) is 5.69 Å². The van der Waals surface area contributed by atoms with E-state index < -0.39 is 5.97 Å². The summed E-state index contributed by atoms with van der Waals surface area (Å²) >= 11 is 0. The molecule has 0 spiro atoms. The Labute approximate surface area is 153 Å². The van der Waals surface area contributed by atoms with E-state index in [-0.39, 0.29) is 18.1 Å². The number of nitrogens with zero attached hydrogens (tertiary/aromatic N) is 3. The number of ether oxygens (including phenoxy) is 1. The molecule has 0 bridgehead atoms. The van der Waals surface area contributed by atoms with Crippen molar-refractivity contribution in [3.05, 3.63) is 64.6 Å². The smallest absolute Gasteiger partial charge is 0.359 e. The number of Topliss-reactive ketones (excluding diaryl/α,β-unsaturated/α-hetero) is 1. The van der Waals surface area contributed by atoms with Crippen LogP contribution in [-0.4, -0.2) is 47.1 Å². The molecule has 1 aromatic carbocycles. The van der Waals surface area contributed by atoms with E-state index in [1.165, 1.54) is 0 Å². The molecule has 26 heavy (non-hydrogen) atoms. The summed E-state index contributed by atoms with van der Waals surface area (Å²) in [7, 11) is 3.78. The van der Waals surface area contributed by atoms with Gasteiger partial charge < -0.3 is 9.64 Å². The van der Waals surface area contributed by atoms with Gasteiger partial charge in [-0.1, -0.05) is 30.3 Å². The number of hydrogen-bond acceptors (Lipinski definition) is 5. The lowest BCUT2D eigenvalue weighted by molar-refractivity contribution is 0.0517. The van der Waals surface area contributed by atoms with Gasteiger partial charge in [0.2, 0.25) is 5.78 Å². The van der Waals surface area contributed by atoms with Gasteiger partial charge in [-0.2, -0.15) is 5.10 Å². The van der Waals surface area contributed by atoms with E-state index in [0.29, 0.717) is 30.6 Å². The number of esters is 1. The van der Waals surface area contributed by atoms with Crippen molar-refractivity contribution in [2.45, 2.75) is 26.3 Å². The molecule has 2 aromatic rings. The second-order valence-corrected chi connectivity index (χ2v) is 6.49. The number of benzene rings is 1. The molecule has 6 heteroatoms. The molecule has 136 valence electrons. The predicted molar refractivity (Wildman–Crippen MR) is 98.1 cm³/mol. The SMILES string of the molecule is CCOC(=O)c1nn(Cc2ccccc2)c2c1CC/C(=C/N(C)C)C2=O. The average molecular weight is 353 g/mol. The first kappa shape index (κ1) is 17.9. The van der Waals surface area contributed by atoms with Crippen molar-refractivity contribution in [3.8, 4) is 0 Å². The summed E-state index contributed by atoms with van der Waals surface area (Å²) in [5.74, 6) is -0.540. The molecule has 3 rings (SSSR count). The lowest BCUT2D eigenvalue weighted by atomic mass is 9.90. The molecule has 1 aliphatic rings. The molecular weight excluding hydrogens is 330 g/mol. The molecule has 0 radical (unpaired) electrons. The molecule has 0 N–H and O–H groups in total. The van der Waals surface area contributed by atoms with Gasteiger partial charge >= 0.3 is 5.97 Å². The van der Waals surface area contributed by atoms with E-state index in [9.17, 15) is 9.59 Å². The van der Waals surface area contributed by atoms with Crippen LogP contribution < -0.4 is 0 Å².